The van der Waals surface area contributed by atoms with Crippen molar-refractivity contribution >= 4 is 11.8 Å². The fourth-order valence-corrected chi connectivity index (χ4v) is 2.64. The number of aryl methyl sites for hydroxylation is 1. The molecular formula is C22H23N3O5. The molecule has 8 heteroatoms. The first kappa shape index (κ1) is 20.9. The summed E-state index contributed by atoms with van der Waals surface area (Å²) in [6.45, 7) is 4.27. The van der Waals surface area contributed by atoms with Gasteiger partial charge in [-0.3, -0.25) is 9.59 Å². The summed E-state index contributed by atoms with van der Waals surface area (Å²) in [6, 6.07) is 12.4. The number of para-hydroxylation sites is 2. The number of hydrogen-bond acceptors (Lipinski definition) is 6. The third-order valence-corrected chi connectivity index (χ3v) is 4.16. The molecule has 30 heavy (non-hydrogen) atoms. The summed E-state index contributed by atoms with van der Waals surface area (Å²) in [5, 5.41) is 5.29. The van der Waals surface area contributed by atoms with Crippen molar-refractivity contribution in [3.05, 3.63) is 71.8 Å². The number of benzene rings is 1. The standard InChI is InChI=1S/C22H23N3O5/c1-3-28-18-6-4-5-7-19(18)30-21-9-8-16(13-24-21)12-23-20(26)14-25-22(27)17-10-11-29-15(17)2/h4-11,13H,3,12,14H2,1-2H3,(H,23,26)(H,25,27). The van der Waals surface area contributed by atoms with E-state index in [1.165, 1.54) is 6.26 Å². The zero-order valence-electron chi connectivity index (χ0n) is 16.8. The number of nitrogens with zero attached hydrogens (tertiary/aromatic N) is 1. The second kappa shape index (κ2) is 10.1. The Morgan fingerprint density at radius 2 is 1.87 bits per heavy atom. The number of hydrogen-bond donors (Lipinski definition) is 2. The molecule has 156 valence electrons. The fraction of sp³-hybridized carbons (Fsp3) is 0.227. The van der Waals surface area contributed by atoms with Gasteiger partial charge in [-0.1, -0.05) is 18.2 Å². The van der Waals surface area contributed by atoms with Crippen molar-refractivity contribution in [2.75, 3.05) is 13.2 Å². The van der Waals surface area contributed by atoms with Crippen LogP contribution in [-0.4, -0.2) is 29.9 Å². The molecule has 0 saturated heterocycles. The van der Waals surface area contributed by atoms with Crippen LogP contribution in [0.2, 0.25) is 0 Å². The van der Waals surface area contributed by atoms with Crippen LogP contribution >= 0.6 is 0 Å². The first-order chi connectivity index (χ1) is 14.6. The maximum atomic E-state index is 12.0. The number of nitrogens with one attached hydrogen (secondary N) is 2. The largest absolute Gasteiger partial charge is 0.490 e. The Balaban J connectivity index is 1.47. The summed E-state index contributed by atoms with van der Waals surface area (Å²) in [7, 11) is 0. The highest BCUT2D eigenvalue weighted by Crippen LogP contribution is 2.30. The summed E-state index contributed by atoms with van der Waals surface area (Å²) in [4.78, 5) is 28.2. The lowest BCUT2D eigenvalue weighted by Crippen LogP contribution is -2.36. The van der Waals surface area contributed by atoms with Crippen LogP contribution in [0.15, 0.2) is 59.3 Å². The average Bonchev–Trinajstić information content (AvgIpc) is 3.19. The van der Waals surface area contributed by atoms with E-state index in [-0.39, 0.29) is 24.9 Å². The van der Waals surface area contributed by atoms with E-state index in [1.807, 2.05) is 25.1 Å². The van der Waals surface area contributed by atoms with E-state index in [2.05, 4.69) is 15.6 Å². The topological polar surface area (TPSA) is 103 Å². The van der Waals surface area contributed by atoms with Gasteiger partial charge in [0, 0.05) is 18.8 Å². The van der Waals surface area contributed by atoms with Crippen LogP contribution in [0.1, 0.15) is 28.6 Å². The van der Waals surface area contributed by atoms with Gasteiger partial charge in [0.2, 0.25) is 11.8 Å². The number of aromatic nitrogens is 1. The monoisotopic (exact) mass is 409 g/mol. The maximum absolute atomic E-state index is 12.0. The van der Waals surface area contributed by atoms with Gasteiger partial charge in [0.05, 0.1) is 25.0 Å². The molecule has 3 aromatic rings. The van der Waals surface area contributed by atoms with Crippen molar-refractivity contribution in [3.63, 3.8) is 0 Å². The molecule has 0 unspecified atom stereocenters. The zero-order valence-corrected chi connectivity index (χ0v) is 16.8. The van der Waals surface area contributed by atoms with Gasteiger partial charge in [0.1, 0.15) is 5.76 Å². The molecule has 0 radical (unpaired) electrons. The van der Waals surface area contributed by atoms with Crippen LogP contribution < -0.4 is 20.1 Å². The van der Waals surface area contributed by atoms with Crippen LogP contribution in [-0.2, 0) is 11.3 Å². The van der Waals surface area contributed by atoms with Crippen molar-refractivity contribution in [3.8, 4) is 17.4 Å². The molecule has 0 spiro atoms. The van der Waals surface area contributed by atoms with E-state index in [1.54, 1.807) is 37.4 Å². The molecule has 0 aliphatic carbocycles. The van der Waals surface area contributed by atoms with Crippen molar-refractivity contribution in [2.45, 2.75) is 20.4 Å². The van der Waals surface area contributed by atoms with E-state index in [4.69, 9.17) is 13.9 Å². The van der Waals surface area contributed by atoms with Gasteiger partial charge in [-0.25, -0.2) is 4.98 Å². The van der Waals surface area contributed by atoms with Gasteiger partial charge in [-0.05, 0) is 37.6 Å². The molecule has 0 saturated carbocycles. The summed E-state index contributed by atoms with van der Waals surface area (Å²) in [6.07, 6.45) is 3.05. The lowest BCUT2D eigenvalue weighted by molar-refractivity contribution is -0.120. The SMILES string of the molecule is CCOc1ccccc1Oc1ccc(CNC(=O)CNC(=O)c2ccoc2C)cn1. The summed E-state index contributed by atoms with van der Waals surface area (Å²) >= 11 is 0. The average molecular weight is 409 g/mol. The Kier molecular flexibility index (Phi) is 7.05. The summed E-state index contributed by atoms with van der Waals surface area (Å²) < 4.78 is 16.4. The number of pyridine rings is 1. The highest BCUT2D eigenvalue weighted by molar-refractivity contribution is 5.97. The molecule has 8 nitrogen and oxygen atoms in total. The Hall–Kier alpha value is -3.81. The highest BCUT2D eigenvalue weighted by Gasteiger charge is 2.12. The van der Waals surface area contributed by atoms with E-state index < -0.39 is 0 Å². The molecule has 0 bridgehead atoms. The van der Waals surface area contributed by atoms with Crippen LogP contribution in [0, 0.1) is 6.92 Å². The second-order valence-electron chi connectivity index (χ2n) is 6.34. The minimum Gasteiger partial charge on any atom is -0.490 e. The molecule has 0 aliphatic rings. The van der Waals surface area contributed by atoms with E-state index in [0.717, 1.165) is 5.56 Å². The predicted molar refractivity (Wildman–Crippen MR) is 110 cm³/mol. The third kappa shape index (κ3) is 5.60. The molecule has 2 N–H and O–H groups in total. The molecule has 2 aromatic heterocycles. The zero-order chi connectivity index (χ0) is 21.3. The number of carbonyl (C=O) groups is 2. The third-order valence-electron chi connectivity index (χ3n) is 4.16. The minimum absolute atomic E-state index is 0.133. The number of rotatable bonds is 9. The number of carbonyl (C=O) groups excluding carboxylic acids is 2. The van der Waals surface area contributed by atoms with E-state index in [9.17, 15) is 9.59 Å². The normalized spacial score (nSPS) is 10.3. The van der Waals surface area contributed by atoms with Gasteiger partial charge >= 0.3 is 0 Å². The molecule has 0 aliphatic heterocycles. The fourth-order valence-electron chi connectivity index (χ4n) is 2.64. The molecule has 2 heterocycles. The molecule has 3 rings (SSSR count). The number of furan rings is 1. The van der Waals surface area contributed by atoms with Crippen LogP contribution in [0.3, 0.4) is 0 Å². The van der Waals surface area contributed by atoms with Gasteiger partial charge in [0.15, 0.2) is 11.5 Å². The predicted octanol–water partition coefficient (Wildman–Crippen LogP) is 3.22. The Bertz CT molecular complexity index is 998. The molecule has 0 atom stereocenters. The van der Waals surface area contributed by atoms with Crippen molar-refractivity contribution in [1.82, 2.24) is 15.6 Å². The van der Waals surface area contributed by atoms with Crippen LogP contribution in [0.5, 0.6) is 17.4 Å². The first-order valence-electron chi connectivity index (χ1n) is 9.50. The number of amides is 2. The van der Waals surface area contributed by atoms with Gasteiger partial charge in [-0.2, -0.15) is 0 Å². The molecule has 2 amide bonds. The highest BCUT2D eigenvalue weighted by atomic mass is 16.5. The smallest absolute Gasteiger partial charge is 0.255 e. The van der Waals surface area contributed by atoms with Crippen LogP contribution in [0.4, 0.5) is 0 Å². The lowest BCUT2D eigenvalue weighted by Gasteiger charge is -2.11. The Morgan fingerprint density at radius 1 is 1.07 bits per heavy atom. The van der Waals surface area contributed by atoms with Gasteiger partial charge in [-0.15, -0.1) is 0 Å². The van der Waals surface area contributed by atoms with Gasteiger partial charge < -0.3 is 24.5 Å². The first-order valence-corrected chi connectivity index (χ1v) is 9.50. The molecule has 0 fully saturated rings. The molecule has 1 aromatic carbocycles. The second-order valence-corrected chi connectivity index (χ2v) is 6.34. The lowest BCUT2D eigenvalue weighted by atomic mass is 10.2. The quantitative estimate of drug-likeness (QED) is 0.563. The maximum Gasteiger partial charge on any atom is 0.255 e. The summed E-state index contributed by atoms with van der Waals surface area (Å²) in [5.41, 5.74) is 1.21. The Morgan fingerprint density at radius 3 is 2.53 bits per heavy atom. The van der Waals surface area contributed by atoms with Crippen molar-refractivity contribution in [2.24, 2.45) is 0 Å². The van der Waals surface area contributed by atoms with E-state index >= 15 is 0 Å². The number of ether oxygens (including phenoxy) is 2. The van der Waals surface area contributed by atoms with E-state index in [0.29, 0.717) is 35.3 Å². The molecular weight excluding hydrogens is 386 g/mol. The Labute approximate surface area is 174 Å². The van der Waals surface area contributed by atoms with Crippen LogP contribution in [0.25, 0.3) is 0 Å². The minimum atomic E-state index is -0.355. The summed E-state index contributed by atoms with van der Waals surface area (Å²) in [5.74, 6) is 1.48. The van der Waals surface area contributed by atoms with Gasteiger partial charge in [0.25, 0.3) is 5.91 Å². The van der Waals surface area contributed by atoms with Crippen molar-refractivity contribution < 1.29 is 23.5 Å². The van der Waals surface area contributed by atoms with Crippen molar-refractivity contribution in [1.29, 1.82) is 0 Å².